The average molecular weight is 433 g/mol. The molecule has 1 aromatic rings. The lowest BCUT2D eigenvalue weighted by molar-refractivity contribution is -0.128. The van der Waals surface area contributed by atoms with Gasteiger partial charge >= 0.3 is 13.2 Å². The van der Waals surface area contributed by atoms with Crippen molar-refractivity contribution in [3.63, 3.8) is 0 Å². The minimum atomic E-state index is -1.30. The summed E-state index contributed by atoms with van der Waals surface area (Å²) >= 11 is 0. The second-order valence-corrected chi connectivity index (χ2v) is 9.10. The molecule has 31 heavy (non-hydrogen) atoms. The number of benzene rings is 1. The maximum absolute atomic E-state index is 12.5. The molecular weight excluding hydrogens is 401 g/mol. The van der Waals surface area contributed by atoms with Crippen LogP contribution in [0.1, 0.15) is 48.5 Å². The molecule has 2 unspecified atom stereocenters. The largest absolute Gasteiger partial charge is 0.494 e. The molecule has 0 radical (unpaired) electrons. The van der Waals surface area contributed by atoms with Gasteiger partial charge in [0.05, 0.1) is 11.2 Å². The van der Waals surface area contributed by atoms with E-state index in [1.54, 1.807) is 26.0 Å². The highest BCUT2D eigenvalue weighted by atomic mass is 16.7. The lowest BCUT2D eigenvalue weighted by Crippen LogP contribution is -2.53. The highest BCUT2D eigenvalue weighted by Crippen LogP contribution is 2.36. The first-order valence-electron chi connectivity index (χ1n) is 10.3. The van der Waals surface area contributed by atoms with Crippen LogP contribution in [0.5, 0.6) is 0 Å². The third-order valence-corrected chi connectivity index (χ3v) is 5.68. The molecule has 0 aromatic heterocycles. The fourth-order valence-corrected chi connectivity index (χ4v) is 2.99. The predicted molar refractivity (Wildman–Crippen MR) is 118 cm³/mol. The molecule has 1 fully saturated rings. The molecule has 4 N–H and O–H groups in total. The minimum Gasteiger partial charge on any atom is -0.465 e. The van der Waals surface area contributed by atoms with E-state index in [4.69, 9.17) is 14.4 Å². The van der Waals surface area contributed by atoms with Gasteiger partial charge in [0.1, 0.15) is 12.1 Å². The van der Waals surface area contributed by atoms with Gasteiger partial charge in [0.15, 0.2) is 0 Å². The van der Waals surface area contributed by atoms with Crippen LogP contribution in [0.4, 0.5) is 10.5 Å². The summed E-state index contributed by atoms with van der Waals surface area (Å²) in [4.78, 5) is 35.7. The molecule has 1 heterocycles. The second-order valence-electron chi connectivity index (χ2n) is 9.10. The average Bonchev–Trinajstić information content (AvgIpc) is 2.87. The van der Waals surface area contributed by atoms with Gasteiger partial charge in [0, 0.05) is 5.69 Å². The minimum absolute atomic E-state index is 0.270. The number of carboxylic acid groups (broad SMARTS) is 1. The Morgan fingerprint density at radius 2 is 1.42 bits per heavy atom. The summed E-state index contributed by atoms with van der Waals surface area (Å²) < 4.78 is 12.0. The summed E-state index contributed by atoms with van der Waals surface area (Å²) in [5, 5.41) is 16.3. The standard InChI is InChI=1S/C21H32BN3O6/c1-12(2)16(25-19(28)29)18(27)23-13(3)17(26)24-15-10-8-14(9-11-15)22-30-20(4,5)21(6,7)31-22/h8-13,16,25H,1-7H3,(H,23,27)(H,24,26)(H,28,29). The van der Waals surface area contributed by atoms with Gasteiger partial charge in [0.2, 0.25) is 11.8 Å². The maximum Gasteiger partial charge on any atom is 0.494 e. The monoisotopic (exact) mass is 433 g/mol. The van der Waals surface area contributed by atoms with Crippen molar-refractivity contribution in [2.75, 3.05) is 5.32 Å². The number of hydrogen-bond acceptors (Lipinski definition) is 5. The Labute approximate surface area is 183 Å². The Morgan fingerprint density at radius 3 is 1.87 bits per heavy atom. The molecular formula is C21H32BN3O6. The zero-order chi connectivity index (χ0) is 23.6. The Kier molecular flexibility index (Phi) is 7.38. The zero-order valence-electron chi connectivity index (χ0n) is 19.1. The van der Waals surface area contributed by atoms with E-state index in [-0.39, 0.29) is 5.92 Å². The van der Waals surface area contributed by atoms with Gasteiger partial charge in [0.25, 0.3) is 0 Å². The van der Waals surface area contributed by atoms with Gasteiger partial charge in [-0.15, -0.1) is 0 Å². The number of amides is 3. The van der Waals surface area contributed by atoms with Crippen molar-refractivity contribution in [1.29, 1.82) is 0 Å². The smallest absolute Gasteiger partial charge is 0.465 e. The maximum atomic E-state index is 12.5. The Bertz CT molecular complexity index is 809. The highest BCUT2D eigenvalue weighted by Gasteiger charge is 2.51. The van der Waals surface area contributed by atoms with Gasteiger partial charge in [-0.3, -0.25) is 9.59 Å². The van der Waals surface area contributed by atoms with Crippen LogP contribution in [-0.2, 0) is 18.9 Å². The van der Waals surface area contributed by atoms with Crippen molar-refractivity contribution in [3.8, 4) is 0 Å². The molecule has 1 aromatic carbocycles. The summed E-state index contributed by atoms with van der Waals surface area (Å²) in [6, 6.07) is 5.28. The Hall–Kier alpha value is -2.59. The fraction of sp³-hybridized carbons (Fsp3) is 0.571. The van der Waals surface area contributed by atoms with E-state index in [0.29, 0.717) is 5.69 Å². The van der Waals surface area contributed by atoms with Gasteiger partial charge in [-0.2, -0.15) is 0 Å². The van der Waals surface area contributed by atoms with E-state index in [9.17, 15) is 14.4 Å². The quantitative estimate of drug-likeness (QED) is 0.485. The second kappa shape index (κ2) is 9.27. The van der Waals surface area contributed by atoms with Crippen LogP contribution in [-0.4, -0.2) is 53.4 Å². The third kappa shape index (κ3) is 5.98. The number of carbonyl (C=O) groups is 3. The number of hydrogen-bond donors (Lipinski definition) is 4. The van der Waals surface area contributed by atoms with E-state index < -0.39 is 48.3 Å². The third-order valence-electron chi connectivity index (χ3n) is 5.68. The van der Waals surface area contributed by atoms with Crippen LogP contribution in [0.3, 0.4) is 0 Å². The van der Waals surface area contributed by atoms with Crippen molar-refractivity contribution < 1.29 is 28.8 Å². The first kappa shape index (κ1) is 24.7. The van der Waals surface area contributed by atoms with E-state index in [0.717, 1.165) is 5.46 Å². The SMILES string of the molecule is CC(NC(=O)C(NC(=O)O)C(C)C)C(=O)Nc1ccc(B2OC(C)(C)C(C)(C)O2)cc1. The summed E-state index contributed by atoms with van der Waals surface area (Å²) in [7, 11) is -0.498. The van der Waals surface area contributed by atoms with Crippen LogP contribution in [0.25, 0.3) is 0 Å². The molecule has 10 heteroatoms. The summed E-state index contributed by atoms with van der Waals surface area (Å²) in [5.74, 6) is -1.25. The van der Waals surface area contributed by atoms with E-state index in [1.165, 1.54) is 6.92 Å². The van der Waals surface area contributed by atoms with Crippen molar-refractivity contribution >= 4 is 36.2 Å². The van der Waals surface area contributed by atoms with E-state index in [1.807, 2.05) is 39.8 Å². The number of nitrogens with one attached hydrogen (secondary N) is 3. The van der Waals surface area contributed by atoms with E-state index in [2.05, 4.69) is 16.0 Å². The van der Waals surface area contributed by atoms with Gasteiger partial charge in [-0.25, -0.2) is 4.79 Å². The highest BCUT2D eigenvalue weighted by molar-refractivity contribution is 6.62. The molecule has 1 saturated heterocycles. The molecule has 0 bridgehead atoms. The van der Waals surface area contributed by atoms with Crippen molar-refractivity contribution in [2.24, 2.45) is 5.92 Å². The molecule has 170 valence electrons. The first-order valence-corrected chi connectivity index (χ1v) is 10.3. The van der Waals surface area contributed by atoms with Crippen molar-refractivity contribution in [2.45, 2.75) is 71.8 Å². The molecule has 9 nitrogen and oxygen atoms in total. The number of anilines is 1. The molecule has 0 spiro atoms. The normalized spacial score (nSPS) is 18.9. The van der Waals surface area contributed by atoms with Gasteiger partial charge in [-0.1, -0.05) is 26.0 Å². The zero-order valence-corrected chi connectivity index (χ0v) is 19.1. The molecule has 3 amide bonds. The first-order chi connectivity index (χ1) is 14.2. The van der Waals surface area contributed by atoms with Crippen LogP contribution < -0.4 is 21.4 Å². The van der Waals surface area contributed by atoms with Crippen LogP contribution in [0.15, 0.2) is 24.3 Å². The van der Waals surface area contributed by atoms with Crippen molar-refractivity contribution in [3.05, 3.63) is 24.3 Å². The van der Waals surface area contributed by atoms with Gasteiger partial charge < -0.3 is 30.4 Å². The summed E-state index contributed by atoms with van der Waals surface area (Å²) in [6.07, 6.45) is -1.30. The van der Waals surface area contributed by atoms with Crippen LogP contribution in [0.2, 0.25) is 0 Å². The summed E-state index contributed by atoms with van der Waals surface area (Å²) in [5.41, 5.74) is 0.497. The topological polar surface area (TPSA) is 126 Å². The lowest BCUT2D eigenvalue weighted by Gasteiger charge is -2.32. The van der Waals surface area contributed by atoms with Crippen molar-refractivity contribution in [1.82, 2.24) is 10.6 Å². The number of rotatable bonds is 7. The Balaban J connectivity index is 1.96. The van der Waals surface area contributed by atoms with E-state index >= 15 is 0 Å². The molecule has 1 aliphatic heterocycles. The molecule has 0 saturated carbocycles. The fourth-order valence-electron chi connectivity index (χ4n) is 2.99. The van der Waals surface area contributed by atoms with Crippen LogP contribution >= 0.6 is 0 Å². The summed E-state index contributed by atoms with van der Waals surface area (Å²) in [6.45, 7) is 12.9. The molecule has 1 aliphatic rings. The molecule has 0 aliphatic carbocycles. The Morgan fingerprint density at radius 1 is 0.903 bits per heavy atom. The predicted octanol–water partition coefficient (Wildman–Crippen LogP) is 1.72. The lowest BCUT2D eigenvalue weighted by atomic mass is 9.79. The molecule has 2 rings (SSSR count). The van der Waals surface area contributed by atoms with Crippen LogP contribution in [0, 0.1) is 5.92 Å². The van der Waals surface area contributed by atoms with Gasteiger partial charge in [-0.05, 0) is 58.1 Å². The molecule has 2 atom stereocenters. The number of carbonyl (C=O) groups excluding carboxylic acids is 2.